The first-order valence-corrected chi connectivity index (χ1v) is 15.7. The molecule has 0 amide bonds. The number of halogens is 3. The Kier molecular flexibility index (Phi) is 9.34. The summed E-state index contributed by atoms with van der Waals surface area (Å²) in [6.07, 6.45) is 1.34. The summed E-state index contributed by atoms with van der Waals surface area (Å²) in [4.78, 5) is 21.4. The highest BCUT2D eigenvalue weighted by Crippen LogP contribution is 2.42. The molecule has 4 heterocycles. The van der Waals surface area contributed by atoms with E-state index in [9.17, 15) is 13.2 Å². The van der Waals surface area contributed by atoms with Gasteiger partial charge in [-0.2, -0.15) is 18.2 Å². The SMILES string of the molecule is COc1cc(Nc2ncc(C(F)(F)F)c(N3OCCC3c3ccccc3)n2)ccc1N1CCC(N2CCC(N(C)C)CC2)CC1. The second-order valence-electron chi connectivity index (χ2n) is 12.3. The molecule has 9 nitrogen and oxygen atoms in total. The first kappa shape index (κ1) is 31.4. The van der Waals surface area contributed by atoms with Gasteiger partial charge in [0.05, 0.1) is 25.4 Å². The highest BCUT2D eigenvalue weighted by Gasteiger charge is 2.40. The van der Waals surface area contributed by atoms with E-state index in [2.05, 4.69) is 44.1 Å². The Morgan fingerprint density at radius 2 is 1.69 bits per heavy atom. The molecule has 12 heteroatoms. The summed E-state index contributed by atoms with van der Waals surface area (Å²) in [6, 6.07) is 15.9. The maximum atomic E-state index is 14.1. The summed E-state index contributed by atoms with van der Waals surface area (Å²) >= 11 is 0. The molecule has 3 aliphatic rings. The van der Waals surface area contributed by atoms with Crippen LogP contribution >= 0.6 is 0 Å². The minimum absolute atomic E-state index is 0.0361. The molecule has 0 saturated carbocycles. The molecule has 0 aliphatic carbocycles. The molecule has 0 radical (unpaired) electrons. The molecule has 3 aromatic rings. The summed E-state index contributed by atoms with van der Waals surface area (Å²) in [6.45, 7) is 4.47. The van der Waals surface area contributed by atoms with Crippen molar-refractivity contribution in [1.82, 2.24) is 19.8 Å². The minimum Gasteiger partial charge on any atom is -0.495 e. The fraction of sp³-hybridized carbons (Fsp3) is 0.515. The van der Waals surface area contributed by atoms with Crippen LogP contribution in [0.4, 0.5) is 36.3 Å². The van der Waals surface area contributed by atoms with E-state index in [4.69, 9.17) is 9.57 Å². The Bertz CT molecular complexity index is 1430. The zero-order valence-electron chi connectivity index (χ0n) is 26.1. The second-order valence-corrected chi connectivity index (χ2v) is 12.3. The highest BCUT2D eigenvalue weighted by molar-refractivity contribution is 5.68. The van der Waals surface area contributed by atoms with E-state index >= 15 is 0 Å². The molecule has 0 bridgehead atoms. The lowest BCUT2D eigenvalue weighted by Gasteiger charge is -2.43. The average Bonchev–Trinajstić information content (AvgIpc) is 3.55. The van der Waals surface area contributed by atoms with E-state index in [1.54, 1.807) is 7.11 Å². The third-order valence-corrected chi connectivity index (χ3v) is 9.36. The molecule has 3 saturated heterocycles. The second kappa shape index (κ2) is 13.4. The molecule has 0 spiro atoms. The summed E-state index contributed by atoms with van der Waals surface area (Å²) in [5, 5.41) is 4.35. The van der Waals surface area contributed by atoms with E-state index in [1.165, 1.54) is 17.9 Å². The number of nitrogens with one attached hydrogen (secondary N) is 1. The molecule has 3 fully saturated rings. The van der Waals surface area contributed by atoms with E-state index in [1.807, 2.05) is 48.5 Å². The van der Waals surface area contributed by atoms with Crippen LogP contribution < -0.4 is 20.0 Å². The first-order valence-electron chi connectivity index (χ1n) is 15.7. The van der Waals surface area contributed by atoms with Gasteiger partial charge >= 0.3 is 6.18 Å². The molecular formula is C33H42F3N7O2. The van der Waals surface area contributed by atoms with Crippen LogP contribution in [0.5, 0.6) is 5.75 Å². The Morgan fingerprint density at radius 1 is 0.956 bits per heavy atom. The van der Waals surface area contributed by atoms with Gasteiger partial charge in [0.15, 0.2) is 5.82 Å². The van der Waals surface area contributed by atoms with Crippen LogP contribution in [-0.4, -0.2) is 85.8 Å². The van der Waals surface area contributed by atoms with Crippen molar-refractivity contribution in [2.75, 3.05) is 69.3 Å². The number of hydrogen-bond acceptors (Lipinski definition) is 9. The van der Waals surface area contributed by atoms with Crippen LogP contribution in [0, 0.1) is 0 Å². The number of rotatable bonds is 8. The van der Waals surface area contributed by atoms with Gasteiger partial charge in [0.1, 0.15) is 11.3 Å². The van der Waals surface area contributed by atoms with Gasteiger partial charge in [-0.05, 0) is 70.6 Å². The van der Waals surface area contributed by atoms with Crippen LogP contribution in [0.3, 0.4) is 0 Å². The normalized spacial score (nSPS) is 20.6. The van der Waals surface area contributed by atoms with E-state index in [0.717, 1.165) is 56.5 Å². The number of hydroxylamine groups is 1. The number of nitrogens with zero attached hydrogens (tertiary/aromatic N) is 6. The molecule has 45 heavy (non-hydrogen) atoms. The lowest BCUT2D eigenvalue weighted by atomic mass is 9.97. The lowest BCUT2D eigenvalue weighted by Crippen LogP contribution is -2.50. The zero-order chi connectivity index (χ0) is 31.6. The van der Waals surface area contributed by atoms with Crippen LogP contribution in [0.25, 0.3) is 0 Å². The van der Waals surface area contributed by atoms with E-state index in [0.29, 0.717) is 29.9 Å². The quantitative estimate of drug-likeness (QED) is 0.319. The predicted molar refractivity (Wildman–Crippen MR) is 169 cm³/mol. The van der Waals surface area contributed by atoms with Gasteiger partial charge in [-0.15, -0.1) is 0 Å². The molecule has 242 valence electrons. The molecule has 3 aliphatic heterocycles. The maximum Gasteiger partial charge on any atom is 0.421 e. The van der Waals surface area contributed by atoms with Crippen LogP contribution in [0.1, 0.15) is 49.3 Å². The molecule has 1 unspecified atom stereocenters. The van der Waals surface area contributed by atoms with Crippen molar-refractivity contribution in [1.29, 1.82) is 0 Å². The zero-order valence-corrected chi connectivity index (χ0v) is 26.1. The largest absolute Gasteiger partial charge is 0.495 e. The molecule has 6 rings (SSSR count). The molecular weight excluding hydrogens is 583 g/mol. The van der Waals surface area contributed by atoms with Crippen molar-refractivity contribution in [3.63, 3.8) is 0 Å². The van der Waals surface area contributed by atoms with Crippen molar-refractivity contribution >= 4 is 23.1 Å². The van der Waals surface area contributed by atoms with E-state index in [-0.39, 0.29) is 18.4 Å². The number of piperidine rings is 2. The van der Waals surface area contributed by atoms with Gasteiger partial charge in [-0.25, -0.2) is 10.0 Å². The molecule has 1 aromatic heterocycles. The van der Waals surface area contributed by atoms with Crippen LogP contribution in [0.2, 0.25) is 0 Å². The third-order valence-electron chi connectivity index (χ3n) is 9.36. The van der Waals surface area contributed by atoms with Crippen molar-refractivity contribution < 1.29 is 22.7 Å². The maximum absolute atomic E-state index is 14.1. The Hall–Kier alpha value is -3.61. The number of hydrogen-bond donors (Lipinski definition) is 1. The number of likely N-dealkylation sites (tertiary alicyclic amines) is 1. The number of anilines is 4. The number of benzene rings is 2. The van der Waals surface area contributed by atoms with Crippen molar-refractivity contribution in [2.45, 2.75) is 56.4 Å². The molecule has 2 aromatic carbocycles. The van der Waals surface area contributed by atoms with Gasteiger partial charge in [0, 0.05) is 49.5 Å². The van der Waals surface area contributed by atoms with Crippen LogP contribution in [0.15, 0.2) is 54.7 Å². The standard InChI is InChI=1S/C33H42F3N7O2/c1-40(2)25-11-16-41(17-12-25)26-13-18-42(19-14-26)29-10-9-24(21-30(29)44-3)38-32-37-22-27(33(34,35)36)31(39-32)43-28(15-20-45-43)23-7-5-4-6-8-23/h4-10,21-22,25-26,28H,11-20H2,1-3H3,(H,37,38,39). The smallest absolute Gasteiger partial charge is 0.421 e. The van der Waals surface area contributed by atoms with Gasteiger partial charge in [-0.1, -0.05) is 30.3 Å². The molecule has 1 atom stereocenters. The summed E-state index contributed by atoms with van der Waals surface area (Å²) in [5.74, 6) is 0.405. The Labute approximate surface area is 262 Å². The molecule has 1 N–H and O–H groups in total. The first-order chi connectivity index (χ1) is 21.7. The van der Waals surface area contributed by atoms with E-state index < -0.39 is 17.8 Å². The Balaban J connectivity index is 1.16. The monoisotopic (exact) mass is 625 g/mol. The number of ether oxygens (including phenoxy) is 1. The summed E-state index contributed by atoms with van der Waals surface area (Å²) in [5.41, 5.74) is 1.52. The van der Waals surface area contributed by atoms with Crippen molar-refractivity contribution in [2.24, 2.45) is 0 Å². The minimum atomic E-state index is -4.65. The van der Waals surface area contributed by atoms with Crippen LogP contribution in [-0.2, 0) is 11.0 Å². The number of methoxy groups -OCH3 is 1. The predicted octanol–water partition coefficient (Wildman–Crippen LogP) is 6.13. The van der Waals surface area contributed by atoms with Gasteiger partial charge in [-0.3, -0.25) is 4.84 Å². The van der Waals surface area contributed by atoms with Gasteiger partial charge in [0.2, 0.25) is 5.95 Å². The number of aromatic nitrogens is 2. The third kappa shape index (κ3) is 6.97. The fourth-order valence-corrected chi connectivity index (χ4v) is 6.84. The van der Waals surface area contributed by atoms with Gasteiger partial charge in [0.25, 0.3) is 0 Å². The van der Waals surface area contributed by atoms with Crippen molar-refractivity contribution in [3.8, 4) is 5.75 Å². The number of alkyl halides is 3. The van der Waals surface area contributed by atoms with Crippen molar-refractivity contribution in [3.05, 3.63) is 65.9 Å². The highest BCUT2D eigenvalue weighted by atomic mass is 19.4. The summed E-state index contributed by atoms with van der Waals surface area (Å²) < 4.78 is 48.0. The average molecular weight is 626 g/mol. The fourth-order valence-electron chi connectivity index (χ4n) is 6.84. The Morgan fingerprint density at radius 3 is 2.36 bits per heavy atom. The topological polar surface area (TPSA) is 69.2 Å². The van der Waals surface area contributed by atoms with Gasteiger partial charge < -0.3 is 24.8 Å². The lowest BCUT2D eigenvalue weighted by molar-refractivity contribution is -0.138. The summed E-state index contributed by atoms with van der Waals surface area (Å²) in [7, 11) is 5.97.